The van der Waals surface area contributed by atoms with E-state index in [1.807, 2.05) is 32.3 Å². The summed E-state index contributed by atoms with van der Waals surface area (Å²) in [6, 6.07) is 2.02. The molecule has 0 saturated heterocycles. The van der Waals surface area contributed by atoms with Crippen LogP contribution in [0.1, 0.15) is 19.4 Å². The molecule has 72 valence electrons. The molecule has 0 aliphatic rings. The fourth-order valence-corrected chi connectivity index (χ4v) is 1.05. The molecular weight excluding hydrogens is 164 g/mol. The van der Waals surface area contributed by atoms with Crippen molar-refractivity contribution < 1.29 is 4.79 Å². The quantitative estimate of drug-likeness (QED) is 0.721. The summed E-state index contributed by atoms with van der Waals surface area (Å²) in [7, 11) is 0. The second-order valence-corrected chi connectivity index (χ2v) is 3.41. The molecule has 1 amide bonds. The largest absolute Gasteiger partial charge is 0.367 e. The highest BCUT2D eigenvalue weighted by molar-refractivity contribution is 5.77. The van der Waals surface area contributed by atoms with E-state index in [4.69, 9.17) is 0 Å². The summed E-state index contributed by atoms with van der Waals surface area (Å²) in [6.45, 7) is 4.51. The van der Waals surface area contributed by atoms with Crippen molar-refractivity contribution in [2.45, 2.75) is 20.3 Å². The average Bonchev–Trinajstić information content (AvgIpc) is 2.56. The Hall–Kier alpha value is -1.25. The van der Waals surface area contributed by atoms with Gasteiger partial charge in [0.15, 0.2) is 0 Å². The molecule has 0 radical (unpaired) electrons. The lowest BCUT2D eigenvalue weighted by Gasteiger charge is -2.06. The van der Waals surface area contributed by atoms with Crippen LogP contribution in [0.4, 0.5) is 0 Å². The molecule has 2 N–H and O–H groups in total. The minimum Gasteiger partial charge on any atom is -0.367 e. The molecule has 1 heterocycles. The number of aromatic nitrogens is 1. The smallest absolute Gasteiger partial charge is 0.222 e. The standard InChI is InChI=1S/C10H16N2O/c1-8(2)10(13)12-6-4-9-3-5-11-7-9/h3,5,7-8,11H,4,6H2,1-2H3,(H,12,13). The first-order valence-electron chi connectivity index (χ1n) is 4.59. The van der Waals surface area contributed by atoms with Crippen LogP contribution >= 0.6 is 0 Å². The van der Waals surface area contributed by atoms with Crippen molar-refractivity contribution in [1.82, 2.24) is 10.3 Å². The molecule has 0 spiro atoms. The van der Waals surface area contributed by atoms with Gasteiger partial charge in [0.2, 0.25) is 5.91 Å². The maximum Gasteiger partial charge on any atom is 0.222 e. The summed E-state index contributed by atoms with van der Waals surface area (Å²) in [6.07, 6.45) is 4.73. The van der Waals surface area contributed by atoms with Gasteiger partial charge in [-0.1, -0.05) is 13.8 Å². The van der Waals surface area contributed by atoms with Gasteiger partial charge in [-0.3, -0.25) is 4.79 Å². The Balaban J connectivity index is 2.18. The summed E-state index contributed by atoms with van der Waals surface area (Å²) in [5, 5.41) is 2.87. The Bertz CT molecular complexity index is 252. The van der Waals surface area contributed by atoms with Crippen molar-refractivity contribution in [3.8, 4) is 0 Å². The molecular formula is C10H16N2O. The third kappa shape index (κ3) is 3.32. The van der Waals surface area contributed by atoms with Crippen molar-refractivity contribution in [3.63, 3.8) is 0 Å². The van der Waals surface area contributed by atoms with Crippen LogP contribution in [0.3, 0.4) is 0 Å². The topological polar surface area (TPSA) is 44.9 Å². The molecule has 0 saturated carbocycles. The first kappa shape index (κ1) is 9.84. The Morgan fingerprint density at radius 2 is 2.38 bits per heavy atom. The molecule has 1 aromatic heterocycles. The highest BCUT2D eigenvalue weighted by Crippen LogP contribution is 1.97. The summed E-state index contributed by atoms with van der Waals surface area (Å²) < 4.78 is 0. The molecule has 0 aliphatic carbocycles. The molecule has 3 nitrogen and oxygen atoms in total. The maximum absolute atomic E-state index is 11.2. The predicted molar refractivity (Wildman–Crippen MR) is 52.3 cm³/mol. The zero-order valence-electron chi connectivity index (χ0n) is 8.13. The third-order valence-corrected chi connectivity index (χ3v) is 1.90. The Morgan fingerprint density at radius 3 is 2.92 bits per heavy atom. The van der Waals surface area contributed by atoms with Gasteiger partial charge in [0.25, 0.3) is 0 Å². The van der Waals surface area contributed by atoms with Crippen LogP contribution in [0.15, 0.2) is 18.5 Å². The third-order valence-electron chi connectivity index (χ3n) is 1.90. The van der Waals surface area contributed by atoms with Gasteiger partial charge in [-0.2, -0.15) is 0 Å². The van der Waals surface area contributed by atoms with Crippen LogP contribution in [-0.2, 0) is 11.2 Å². The van der Waals surface area contributed by atoms with Crippen molar-refractivity contribution >= 4 is 5.91 Å². The van der Waals surface area contributed by atoms with Crippen LogP contribution in [0, 0.1) is 5.92 Å². The van der Waals surface area contributed by atoms with Crippen molar-refractivity contribution in [2.24, 2.45) is 5.92 Å². The van der Waals surface area contributed by atoms with Gasteiger partial charge in [-0.05, 0) is 18.1 Å². The second kappa shape index (κ2) is 4.70. The zero-order valence-corrected chi connectivity index (χ0v) is 8.13. The molecule has 0 bridgehead atoms. The highest BCUT2D eigenvalue weighted by atomic mass is 16.1. The SMILES string of the molecule is CC(C)C(=O)NCCc1cc[nH]c1. The van der Waals surface area contributed by atoms with E-state index in [1.165, 1.54) is 5.56 Å². The minimum atomic E-state index is 0.0752. The zero-order chi connectivity index (χ0) is 9.68. The van der Waals surface area contributed by atoms with Crippen LogP contribution in [0.25, 0.3) is 0 Å². The number of aromatic amines is 1. The van der Waals surface area contributed by atoms with Gasteiger partial charge >= 0.3 is 0 Å². The molecule has 0 atom stereocenters. The van der Waals surface area contributed by atoms with Crippen LogP contribution in [0.5, 0.6) is 0 Å². The normalized spacial score (nSPS) is 10.4. The van der Waals surface area contributed by atoms with Gasteiger partial charge in [0.1, 0.15) is 0 Å². The Labute approximate surface area is 78.5 Å². The lowest BCUT2D eigenvalue weighted by molar-refractivity contribution is -0.123. The van der Waals surface area contributed by atoms with Gasteiger partial charge in [-0.25, -0.2) is 0 Å². The molecule has 1 rings (SSSR count). The Kier molecular flexibility index (Phi) is 3.55. The van der Waals surface area contributed by atoms with E-state index in [0.717, 1.165) is 13.0 Å². The van der Waals surface area contributed by atoms with Gasteiger partial charge < -0.3 is 10.3 Å². The number of carbonyl (C=O) groups is 1. The van der Waals surface area contributed by atoms with E-state index in [-0.39, 0.29) is 11.8 Å². The number of carbonyl (C=O) groups excluding carboxylic acids is 1. The van der Waals surface area contributed by atoms with Crippen LogP contribution < -0.4 is 5.32 Å². The first-order valence-corrected chi connectivity index (χ1v) is 4.59. The summed E-state index contributed by atoms with van der Waals surface area (Å²) in [5.74, 6) is 0.196. The van der Waals surface area contributed by atoms with Gasteiger partial charge in [0, 0.05) is 24.9 Å². The van der Waals surface area contributed by atoms with Crippen molar-refractivity contribution in [2.75, 3.05) is 6.54 Å². The fourth-order valence-electron chi connectivity index (χ4n) is 1.05. The lowest BCUT2D eigenvalue weighted by Crippen LogP contribution is -2.29. The molecule has 13 heavy (non-hydrogen) atoms. The van der Waals surface area contributed by atoms with Crippen molar-refractivity contribution in [1.29, 1.82) is 0 Å². The van der Waals surface area contributed by atoms with Crippen LogP contribution in [-0.4, -0.2) is 17.4 Å². The summed E-state index contributed by atoms with van der Waals surface area (Å²) >= 11 is 0. The average molecular weight is 180 g/mol. The minimum absolute atomic E-state index is 0.0752. The van der Waals surface area contributed by atoms with Gasteiger partial charge in [0.05, 0.1) is 0 Å². The molecule has 1 aromatic rings. The first-order chi connectivity index (χ1) is 6.20. The monoisotopic (exact) mass is 180 g/mol. The van der Waals surface area contributed by atoms with E-state index in [0.29, 0.717) is 0 Å². The number of rotatable bonds is 4. The van der Waals surface area contributed by atoms with E-state index in [9.17, 15) is 4.79 Å². The predicted octanol–water partition coefficient (Wildman–Crippen LogP) is 1.33. The summed E-state index contributed by atoms with van der Waals surface area (Å²) in [4.78, 5) is 14.1. The maximum atomic E-state index is 11.2. The Morgan fingerprint density at radius 1 is 1.62 bits per heavy atom. The van der Waals surface area contributed by atoms with Crippen LogP contribution in [0.2, 0.25) is 0 Å². The molecule has 3 heteroatoms. The van der Waals surface area contributed by atoms with Gasteiger partial charge in [-0.15, -0.1) is 0 Å². The fraction of sp³-hybridized carbons (Fsp3) is 0.500. The molecule has 0 unspecified atom stereocenters. The molecule has 0 aliphatic heterocycles. The van der Waals surface area contributed by atoms with E-state index < -0.39 is 0 Å². The van der Waals surface area contributed by atoms with Crippen molar-refractivity contribution in [3.05, 3.63) is 24.0 Å². The molecule has 0 fully saturated rings. The number of nitrogens with one attached hydrogen (secondary N) is 2. The second-order valence-electron chi connectivity index (χ2n) is 3.41. The van der Waals surface area contributed by atoms with E-state index in [1.54, 1.807) is 0 Å². The van der Waals surface area contributed by atoms with E-state index >= 15 is 0 Å². The number of amides is 1. The van der Waals surface area contributed by atoms with E-state index in [2.05, 4.69) is 10.3 Å². The lowest BCUT2D eigenvalue weighted by atomic mass is 10.2. The number of hydrogen-bond acceptors (Lipinski definition) is 1. The highest BCUT2D eigenvalue weighted by Gasteiger charge is 2.04. The molecule has 0 aromatic carbocycles. The summed E-state index contributed by atoms with van der Waals surface area (Å²) in [5.41, 5.74) is 1.23. The number of hydrogen-bond donors (Lipinski definition) is 2. The number of H-pyrrole nitrogens is 1.